The minimum Gasteiger partial charge on any atom is -0.502 e. The van der Waals surface area contributed by atoms with Gasteiger partial charge in [0.15, 0.2) is 23.9 Å². The van der Waals surface area contributed by atoms with E-state index in [1.165, 1.54) is 50.8 Å². The Hall–Kier alpha value is -3.82. The summed E-state index contributed by atoms with van der Waals surface area (Å²) in [6.07, 6.45) is 1.31. The first-order chi connectivity index (χ1) is 13.0. The molecule has 0 radical (unpaired) electrons. The molecule has 0 spiro atoms. The van der Waals surface area contributed by atoms with Crippen molar-refractivity contribution in [2.75, 3.05) is 20.8 Å². The number of amides is 1. The van der Waals surface area contributed by atoms with Crippen molar-refractivity contribution in [3.8, 4) is 23.0 Å². The Morgan fingerprint density at radius 1 is 1.22 bits per heavy atom. The Bertz CT molecular complexity index is 842. The van der Waals surface area contributed by atoms with Crippen molar-refractivity contribution in [2.24, 2.45) is 5.10 Å². The SMILES string of the molecule is COc1cc(/C=N\NC(=O)COc2ccccc2[N+](=O)[O-])cc(OC)c1O. The van der Waals surface area contributed by atoms with Crippen LogP contribution in [0.25, 0.3) is 0 Å². The molecule has 0 aliphatic rings. The van der Waals surface area contributed by atoms with E-state index in [0.29, 0.717) is 5.56 Å². The maximum Gasteiger partial charge on any atom is 0.310 e. The summed E-state index contributed by atoms with van der Waals surface area (Å²) >= 11 is 0. The smallest absolute Gasteiger partial charge is 0.310 e. The van der Waals surface area contributed by atoms with Crippen molar-refractivity contribution in [1.29, 1.82) is 0 Å². The van der Waals surface area contributed by atoms with Crippen LogP contribution in [0.2, 0.25) is 0 Å². The van der Waals surface area contributed by atoms with Crippen molar-refractivity contribution in [2.45, 2.75) is 0 Å². The number of methoxy groups -OCH3 is 2. The Balaban J connectivity index is 1.97. The number of rotatable bonds is 8. The predicted octanol–water partition coefficient (Wildman–Crippen LogP) is 1.85. The monoisotopic (exact) mass is 375 g/mol. The molecule has 0 aliphatic carbocycles. The third-order valence-electron chi connectivity index (χ3n) is 3.33. The third-order valence-corrected chi connectivity index (χ3v) is 3.33. The number of hydrazone groups is 1. The fraction of sp³-hybridized carbons (Fsp3) is 0.176. The maximum absolute atomic E-state index is 11.8. The van der Waals surface area contributed by atoms with E-state index >= 15 is 0 Å². The van der Waals surface area contributed by atoms with Crippen LogP contribution in [-0.2, 0) is 4.79 Å². The molecule has 0 atom stereocenters. The molecule has 0 aliphatic heterocycles. The summed E-state index contributed by atoms with van der Waals surface area (Å²) in [5, 5.41) is 24.5. The maximum atomic E-state index is 11.8. The van der Waals surface area contributed by atoms with Crippen molar-refractivity contribution in [3.63, 3.8) is 0 Å². The van der Waals surface area contributed by atoms with Crippen LogP contribution in [-0.4, -0.2) is 43.0 Å². The van der Waals surface area contributed by atoms with Crippen LogP contribution >= 0.6 is 0 Å². The molecule has 2 aromatic rings. The molecule has 0 fully saturated rings. The van der Waals surface area contributed by atoms with Crippen molar-refractivity contribution in [1.82, 2.24) is 5.43 Å². The molecule has 0 saturated heterocycles. The number of phenols is 1. The summed E-state index contributed by atoms with van der Waals surface area (Å²) in [5.74, 6) is -0.417. The summed E-state index contributed by atoms with van der Waals surface area (Å²) in [7, 11) is 2.77. The standard InChI is InChI=1S/C17H17N3O7/c1-25-14-7-11(8-15(26-2)17(14)22)9-18-19-16(21)10-27-13-6-4-3-5-12(13)20(23)24/h3-9,22H,10H2,1-2H3,(H,19,21)/b18-9-. The van der Waals surface area contributed by atoms with E-state index in [-0.39, 0.29) is 28.7 Å². The molecule has 27 heavy (non-hydrogen) atoms. The highest BCUT2D eigenvalue weighted by Gasteiger charge is 2.15. The Morgan fingerprint density at radius 3 is 2.44 bits per heavy atom. The van der Waals surface area contributed by atoms with Gasteiger partial charge in [-0.1, -0.05) is 12.1 Å². The zero-order valence-corrected chi connectivity index (χ0v) is 14.5. The zero-order valence-electron chi connectivity index (χ0n) is 14.5. The first kappa shape index (κ1) is 19.5. The second-order valence-corrected chi connectivity index (χ2v) is 5.08. The number of nitro benzene ring substituents is 1. The molecule has 1 amide bonds. The van der Waals surface area contributed by atoms with E-state index in [1.54, 1.807) is 6.07 Å². The van der Waals surface area contributed by atoms with Gasteiger partial charge in [-0.25, -0.2) is 5.43 Å². The van der Waals surface area contributed by atoms with Gasteiger partial charge in [0, 0.05) is 11.6 Å². The van der Waals surface area contributed by atoms with E-state index in [9.17, 15) is 20.0 Å². The van der Waals surface area contributed by atoms with Crippen LogP contribution in [0.15, 0.2) is 41.5 Å². The Morgan fingerprint density at radius 2 is 1.85 bits per heavy atom. The number of phenolic OH excluding ortho intramolecular Hbond substituents is 1. The average molecular weight is 375 g/mol. The summed E-state index contributed by atoms with van der Waals surface area (Å²) < 4.78 is 15.2. The van der Waals surface area contributed by atoms with Crippen molar-refractivity contribution < 1.29 is 29.0 Å². The number of nitro groups is 1. The normalized spacial score (nSPS) is 10.4. The lowest BCUT2D eigenvalue weighted by Crippen LogP contribution is -2.24. The number of carbonyl (C=O) groups is 1. The van der Waals surface area contributed by atoms with Crippen LogP contribution in [0.3, 0.4) is 0 Å². The third kappa shape index (κ3) is 5.08. The molecule has 0 aromatic heterocycles. The highest BCUT2D eigenvalue weighted by atomic mass is 16.6. The van der Waals surface area contributed by atoms with Gasteiger partial charge in [0.05, 0.1) is 25.4 Å². The number of benzene rings is 2. The predicted molar refractivity (Wildman–Crippen MR) is 95.5 cm³/mol. The average Bonchev–Trinajstić information content (AvgIpc) is 2.67. The van der Waals surface area contributed by atoms with Gasteiger partial charge < -0.3 is 19.3 Å². The number of hydrogen-bond acceptors (Lipinski definition) is 8. The molecule has 10 nitrogen and oxygen atoms in total. The Labute approximate surface area is 154 Å². The highest BCUT2D eigenvalue weighted by molar-refractivity contribution is 5.84. The highest BCUT2D eigenvalue weighted by Crippen LogP contribution is 2.36. The van der Waals surface area contributed by atoms with Gasteiger partial charge in [0.25, 0.3) is 5.91 Å². The quantitative estimate of drug-likeness (QED) is 0.409. The summed E-state index contributed by atoms with van der Waals surface area (Å²) in [5.41, 5.74) is 2.49. The van der Waals surface area contributed by atoms with Crippen LogP contribution in [0, 0.1) is 10.1 Å². The van der Waals surface area contributed by atoms with Crippen LogP contribution in [0.5, 0.6) is 23.0 Å². The summed E-state index contributed by atoms with van der Waals surface area (Å²) in [4.78, 5) is 22.1. The number of nitrogens with zero attached hydrogens (tertiary/aromatic N) is 2. The number of ether oxygens (including phenoxy) is 3. The lowest BCUT2D eigenvalue weighted by molar-refractivity contribution is -0.385. The van der Waals surface area contributed by atoms with Gasteiger partial charge in [0.1, 0.15) is 0 Å². The minimum atomic E-state index is -0.609. The number of carbonyl (C=O) groups excluding carboxylic acids is 1. The van der Waals surface area contributed by atoms with Crippen LogP contribution in [0.4, 0.5) is 5.69 Å². The summed E-state index contributed by atoms with van der Waals surface area (Å²) in [6, 6.07) is 8.72. The molecular weight excluding hydrogens is 358 g/mol. The Kier molecular flexibility index (Phi) is 6.53. The van der Waals surface area contributed by atoms with Gasteiger partial charge in [-0.3, -0.25) is 14.9 Å². The van der Waals surface area contributed by atoms with Gasteiger partial charge in [-0.15, -0.1) is 0 Å². The first-order valence-electron chi connectivity index (χ1n) is 7.59. The van der Waals surface area contributed by atoms with E-state index in [0.717, 1.165) is 0 Å². The van der Waals surface area contributed by atoms with E-state index in [4.69, 9.17) is 14.2 Å². The molecule has 0 heterocycles. The van der Waals surface area contributed by atoms with E-state index in [1.807, 2.05) is 0 Å². The molecule has 0 unspecified atom stereocenters. The molecule has 10 heteroatoms. The molecule has 0 saturated carbocycles. The number of nitrogens with one attached hydrogen (secondary N) is 1. The van der Waals surface area contributed by atoms with Gasteiger partial charge >= 0.3 is 5.69 Å². The van der Waals surface area contributed by atoms with Crippen LogP contribution in [0.1, 0.15) is 5.56 Å². The summed E-state index contributed by atoms with van der Waals surface area (Å²) in [6.45, 7) is -0.454. The van der Waals surface area contributed by atoms with Gasteiger partial charge in [-0.2, -0.15) is 5.10 Å². The molecule has 0 bridgehead atoms. The fourth-order valence-corrected chi connectivity index (χ4v) is 2.07. The lowest BCUT2D eigenvalue weighted by atomic mass is 10.2. The van der Waals surface area contributed by atoms with Crippen molar-refractivity contribution >= 4 is 17.8 Å². The number of aromatic hydroxyl groups is 1. The number of hydrogen-bond donors (Lipinski definition) is 2. The molecule has 2 rings (SSSR count). The van der Waals surface area contributed by atoms with E-state index < -0.39 is 17.4 Å². The molecular formula is C17H17N3O7. The second-order valence-electron chi connectivity index (χ2n) is 5.08. The topological polar surface area (TPSA) is 133 Å². The van der Waals surface area contributed by atoms with Gasteiger partial charge in [-0.05, 0) is 18.2 Å². The lowest BCUT2D eigenvalue weighted by Gasteiger charge is -2.09. The largest absolute Gasteiger partial charge is 0.502 e. The zero-order chi connectivity index (χ0) is 19.8. The minimum absolute atomic E-state index is 0.0189. The fourth-order valence-electron chi connectivity index (χ4n) is 2.07. The van der Waals surface area contributed by atoms with Gasteiger partial charge in [0.2, 0.25) is 5.75 Å². The van der Waals surface area contributed by atoms with Crippen LogP contribution < -0.4 is 19.6 Å². The first-order valence-corrected chi connectivity index (χ1v) is 7.59. The van der Waals surface area contributed by atoms with E-state index in [2.05, 4.69) is 10.5 Å². The molecule has 2 aromatic carbocycles. The second kappa shape index (κ2) is 9.04. The number of para-hydroxylation sites is 2. The molecule has 2 N–H and O–H groups in total. The molecule has 142 valence electrons. The van der Waals surface area contributed by atoms with Crippen molar-refractivity contribution in [3.05, 3.63) is 52.1 Å².